The number of phosphoric ester groups is 1. The van der Waals surface area contributed by atoms with Gasteiger partial charge in [-0.3, -0.25) is 18.6 Å². The van der Waals surface area contributed by atoms with Crippen LogP contribution in [0, 0.1) is 0 Å². The highest BCUT2D eigenvalue weighted by molar-refractivity contribution is 7.47. The van der Waals surface area contributed by atoms with E-state index in [1.807, 2.05) is 0 Å². The minimum absolute atomic E-state index is 0.216. The molecular formula is C46H91O8P. The van der Waals surface area contributed by atoms with Crippen molar-refractivity contribution >= 4 is 19.8 Å². The van der Waals surface area contributed by atoms with Gasteiger partial charge >= 0.3 is 19.8 Å². The maximum Gasteiger partial charge on any atom is 0.472 e. The first-order valence-electron chi connectivity index (χ1n) is 23.7. The summed E-state index contributed by atoms with van der Waals surface area (Å²) in [5, 5.41) is 0. The highest BCUT2D eigenvalue weighted by atomic mass is 31.2. The van der Waals surface area contributed by atoms with Crippen molar-refractivity contribution in [2.45, 2.75) is 264 Å². The average molecular weight is 803 g/mol. The molecule has 0 saturated heterocycles. The van der Waals surface area contributed by atoms with Crippen LogP contribution in [0.4, 0.5) is 0 Å². The summed E-state index contributed by atoms with van der Waals surface area (Å²) in [7, 11) is -3.19. The first kappa shape index (κ1) is 54.0. The van der Waals surface area contributed by atoms with E-state index in [2.05, 4.69) is 18.4 Å². The SMILES string of the molecule is CCCCCCCCCCCCCCCCCCCCCCCCCCC(=O)OC(COC(=O)CCCCCCCCCCCCCC)COP(=O)(O)OC. The minimum Gasteiger partial charge on any atom is -0.462 e. The normalized spacial score (nSPS) is 13.2. The van der Waals surface area contributed by atoms with Crippen molar-refractivity contribution in [3.05, 3.63) is 0 Å². The Morgan fingerprint density at radius 1 is 0.436 bits per heavy atom. The highest BCUT2D eigenvalue weighted by Gasteiger charge is 2.24. The molecule has 0 aliphatic carbocycles. The molecule has 0 heterocycles. The molecule has 0 aromatic heterocycles. The first-order valence-corrected chi connectivity index (χ1v) is 25.2. The van der Waals surface area contributed by atoms with Crippen molar-refractivity contribution in [3.8, 4) is 0 Å². The Labute approximate surface area is 340 Å². The number of hydrogen-bond donors (Lipinski definition) is 1. The van der Waals surface area contributed by atoms with Crippen LogP contribution >= 0.6 is 7.82 Å². The van der Waals surface area contributed by atoms with Crippen molar-refractivity contribution < 1.29 is 37.6 Å². The van der Waals surface area contributed by atoms with Gasteiger partial charge in [-0.1, -0.05) is 232 Å². The van der Waals surface area contributed by atoms with Gasteiger partial charge in [0.2, 0.25) is 0 Å². The standard InChI is InChI=1S/C46H91O8P/c1-4-6-8-10-12-14-16-18-19-20-21-22-23-24-25-26-27-28-29-31-33-35-37-39-41-46(48)54-44(43-53-55(49,50)51-3)42-52-45(47)40-38-36-34-32-30-17-15-13-11-9-7-5-2/h44H,4-43H2,1-3H3,(H,49,50). The van der Waals surface area contributed by atoms with E-state index in [1.165, 1.54) is 193 Å². The molecule has 55 heavy (non-hydrogen) atoms. The maximum atomic E-state index is 12.5. The van der Waals surface area contributed by atoms with Crippen molar-refractivity contribution in [1.29, 1.82) is 0 Å². The molecule has 1 N–H and O–H groups in total. The second kappa shape index (κ2) is 42.7. The van der Waals surface area contributed by atoms with E-state index < -0.39 is 26.5 Å². The fourth-order valence-corrected chi connectivity index (χ4v) is 7.65. The van der Waals surface area contributed by atoms with Crippen LogP contribution in [0.5, 0.6) is 0 Å². The molecule has 2 unspecified atom stereocenters. The number of rotatable bonds is 45. The molecule has 0 spiro atoms. The molecule has 0 rings (SSSR count). The molecule has 0 fully saturated rings. The number of esters is 2. The van der Waals surface area contributed by atoms with Crippen LogP contribution in [-0.4, -0.2) is 43.3 Å². The molecule has 0 saturated carbocycles. The largest absolute Gasteiger partial charge is 0.472 e. The smallest absolute Gasteiger partial charge is 0.462 e. The average Bonchev–Trinajstić information content (AvgIpc) is 3.18. The molecule has 0 aliphatic rings. The van der Waals surface area contributed by atoms with E-state index in [-0.39, 0.29) is 19.0 Å². The lowest BCUT2D eigenvalue weighted by molar-refractivity contribution is -0.161. The molecule has 0 aromatic rings. The third-order valence-electron chi connectivity index (χ3n) is 10.9. The molecule has 0 radical (unpaired) electrons. The van der Waals surface area contributed by atoms with Crippen LogP contribution in [0.25, 0.3) is 0 Å². The predicted molar refractivity (Wildman–Crippen MR) is 230 cm³/mol. The van der Waals surface area contributed by atoms with Gasteiger partial charge in [-0.15, -0.1) is 0 Å². The summed E-state index contributed by atoms with van der Waals surface area (Å²) in [5.74, 6) is -0.785. The molecular weight excluding hydrogens is 711 g/mol. The Bertz CT molecular complexity index is 869. The van der Waals surface area contributed by atoms with Gasteiger partial charge in [0.15, 0.2) is 6.10 Å². The lowest BCUT2D eigenvalue weighted by Crippen LogP contribution is -2.29. The number of unbranched alkanes of at least 4 members (excludes halogenated alkanes) is 34. The van der Waals surface area contributed by atoms with Gasteiger partial charge in [-0.2, -0.15) is 0 Å². The molecule has 0 bridgehead atoms. The molecule has 0 aromatic carbocycles. The second-order valence-electron chi connectivity index (χ2n) is 16.3. The van der Waals surface area contributed by atoms with Gasteiger partial charge in [0, 0.05) is 20.0 Å². The van der Waals surface area contributed by atoms with Crippen molar-refractivity contribution in [2.24, 2.45) is 0 Å². The molecule has 8 nitrogen and oxygen atoms in total. The van der Waals surface area contributed by atoms with E-state index in [9.17, 15) is 19.0 Å². The van der Waals surface area contributed by atoms with Crippen LogP contribution in [0.3, 0.4) is 0 Å². The predicted octanol–water partition coefficient (Wildman–Crippen LogP) is 15.1. The third kappa shape index (κ3) is 42.5. The third-order valence-corrected chi connectivity index (χ3v) is 11.8. The molecule has 0 amide bonds. The monoisotopic (exact) mass is 803 g/mol. The summed E-state index contributed by atoms with van der Waals surface area (Å²) < 4.78 is 32.0. The van der Waals surface area contributed by atoms with Crippen molar-refractivity contribution in [1.82, 2.24) is 0 Å². The zero-order chi connectivity index (χ0) is 40.3. The van der Waals surface area contributed by atoms with Crippen LogP contribution < -0.4 is 0 Å². The summed E-state index contributed by atoms with van der Waals surface area (Å²) in [6, 6.07) is 0. The highest BCUT2D eigenvalue weighted by Crippen LogP contribution is 2.42. The molecule has 9 heteroatoms. The fourth-order valence-electron chi connectivity index (χ4n) is 7.19. The van der Waals surface area contributed by atoms with Crippen LogP contribution in [-0.2, 0) is 32.7 Å². The van der Waals surface area contributed by atoms with Crippen molar-refractivity contribution in [3.63, 3.8) is 0 Å². The summed E-state index contributed by atoms with van der Waals surface area (Å²) in [4.78, 5) is 34.5. The Morgan fingerprint density at radius 2 is 0.709 bits per heavy atom. The quantitative estimate of drug-likeness (QED) is 0.0368. The summed E-state index contributed by atoms with van der Waals surface area (Å²) >= 11 is 0. The molecule has 2 atom stereocenters. The van der Waals surface area contributed by atoms with Gasteiger partial charge in [0.1, 0.15) is 6.61 Å². The van der Waals surface area contributed by atoms with Crippen LogP contribution in [0.1, 0.15) is 258 Å². The Balaban J connectivity index is 3.82. The summed E-state index contributed by atoms with van der Waals surface area (Å²) in [6.07, 6.45) is 46.0. The van der Waals surface area contributed by atoms with Gasteiger partial charge in [0.25, 0.3) is 0 Å². The molecule has 0 aliphatic heterocycles. The number of carbonyl (C=O) groups is 2. The Kier molecular flexibility index (Phi) is 41.9. The first-order chi connectivity index (χ1) is 26.8. The lowest BCUT2D eigenvalue weighted by Gasteiger charge is -2.19. The van der Waals surface area contributed by atoms with E-state index in [4.69, 9.17) is 14.0 Å². The molecule has 328 valence electrons. The zero-order valence-corrected chi connectivity index (χ0v) is 37.5. The van der Waals surface area contributed by atoms with Gasteiger partial charge in [-0.05, 0) is 12.8 Å². The van der Waals surface area contributed by atoms with Crippen molar-refractivity contribution in [2.75, 3.05) is 20.3 Å². The second-order valence-corrected chi connectivity index (χ2v) is 17.8. The van der Waals surface area contributed by atoms with E-state index in [0.29, 0.717) is 6.42 Å². The zero-order valence-electron chi connectivity index (χ0n) is 36.6. The van der Waals surface area contributed by atoms with E-state index in [0.717, 1.165) is 45.6 Å². The van der Waals surface area contributed by atoms with Crippen LogP contribution in [0.2, 0.25) is 0 Å². The Hall–Kier alpha value is -0.950. The van der Waals surface area contributed by atoms with Crippen LogP contribution in [0.15, 0.2) is 0 Å². The van der Waals surface area contributed by atoms with Gasteiger partial charge in [-0.25, -0.2) is 4.57 Å². The van der Waals surface area contributed by atoms with Gasteiger partial charge < -0.3 is 14.4 Å². The summed E-state index contributed by atoms with van der Waals surface area (Å²) in [5.41, 5.74) is 0. The Morgan fingerprint density at radius 3 is 1.00 bits per heavy atom. The van der Waals surface area contributed by atoms with E-state index >= 15 is 0 Å². The number of hydrogen-bond acceptors (Lipinski definition) is 7. The number of phosphoric acid groups is 1. The minimum atomic E-state index is -4.25. The van der Waals surface area contributed by atoms with Gasteiger partial charge in [0.05, 0.1) is 6.61 Å². The topological polar surface area (TPSA) is 108 Å². The number of carbonyl (C=O) groups excluding carboxylic acids is 2. The number of ether oxygens (including phenoxy) is 2. The van der Waals surface area contributed by atoms with E-state index in [1.54, 1.807) is 0 Å². The fraction of sp³-hybridized carbons (Fsp3) is 0.957. The maximum absolute atomic E-state index is 12.5. The lowest BCUT2D eigenvalue weighted by atomic mass is 10.0. The summed E-state index contributed by atoms with van der Waals surface area (Å²) in [6.45, 7) is 3.92.